The highest BCUT2D eigenvalue weighted by Gasteiger charge is 2.13. The zero-order valence-corrected chi connectivity index (χ0v) is 17.1. The number of amides is 1. The van der Waals surface area contributed by atoms with Crippen LogP contribution in [-0.2, 0) is 17.9 Å². The lowest BCUT2D eigenvalue weighted by molar-refractivity contribution is -0.121. The molecule has 6 heteroatoms. The second-order valence-electron chi connectivity index (χ2n) is 7.46. The largest absolute Gasteiger partial charge is 0.489 e. The van der Waals surface area contributed by atoms with Gasteiger partial charge in [-0.05, 0) is 32.4 Å². The van der Waals surface area contributed by atoms with E-state index in [9.17, 15) is 4.79 Å². The van der Waals surface area contributed by atoms with Gasteiger partial charge in [-0.15, -0.1) is 0 Å². The van der Waals surface area contributed by atoms with E-state index in [0.29, 0.717) is 19.1 Å². The number of hydrogen-bond donors (Lipinski definition) is 3. The number of aliphatic imine (C=N–C) groups is 1. The molecule has 0 aliphatic rings. The minimum Gasteiger partial charge on any atom is -0.489 e. The van der Waals surface area contributed by atoms with Gasteiger partial charge in [-0.3, -0.25) is 9.79 Å². The molecule has 2 aromatic carbocycles. The summed E-state index contributed by atoms with van der Waals surface area (Å²) in [6, 6.07) is 17.9. The molecule has 0 spiro atoms. The van der Waals surface area contributed by atoms with E-state index in [4.69, 9.17) is 4.74 Å². The molecule has 1 amide bonds. The highest BCUT2D eigenvalue weighted by molar-refractivity contribution is 5.86. The number of guanidine groups is 1. The van der Waals surface area contributed by atoms with Gasteiger partial charge in [-0.25, -0.2) is 0 Å². The standard InChI is InChI=1S/C22H30N4O2/c1-22(2,3)26-20(27)15-25-21(23-4)24-14-18-12-8-9-13-19(18)28-16-17-10-6-5-7-11-17/h5-13H,14-16H2,1-4H3,(H,26,27)(H2,23,24,25). The first-order chi connectivity index (χ1) is 13.4. The van der Waals surface area contributed by atoms with Gasteiger partial charge in [0.1, 0.15) is 12.4 Å². The summed E-state index contributed by atoms with van der Waals surface area (Å²) in [5.74, 6) is 1.30. The number of rotatable bonds is 7. The SMILES string of the molecule is CN=C(NCC(=O)NC(C)(C)C)NCc1ccccc1OCc1ccccc1. The second-order valence-corrected chi connectivity index (χ2v) is 7.46. The summed E-state index contributed by atoms with van der Waals surface area (Å²) in [4.78, 5) is 16.1. The van der Waals surface area contributed by atoms with Crippen molar-refractivity contribution in [3.63, 3.8) is 0 Å². The predicted octanol–water partition coefficient (Wildman–Crippen LogP) is 2.85. The summed E-state index contributed by atoms with van der Waals surface area (Å²) in [6.45, 7) is 7.05. The van der Waals surface area contributed by atoms with E-state index in [0.717, 1.165) is 16.9 Å². The Morgan fingerprint density at radius 1 is 1.00 bits per heavy atom. The van der Waals surface area contributed by atoms with Crippen LogP contribution in [0.15, 0.2) is 59.6 Å². The van der Waals surface area contributed by atoms with Crippen molar-refractivity contribution < 1.29 is 9.53 Å². The van der Waals surface area contributed by atoms with Gasteiger partial charge >= 0.3 is 0 Å². The highest BCUT2D eigenvalue weighted by Crippen LogP contribution is 2.19. The van der Waals surface area contributed by atoms with Crippen molar-refractivity contribution in [2.24, 2.45) is 4.99 Å². The molecule has 0 aliphatic carbocycles. The first-order valence-electron chi connectivity index (χ1n) is 9.37. The molecule has 0 unspecified atom stereocenters. The molecule has 6 nitrogen and oxygen atoms in total. The summed E-state index contributed by atoms with van der Waals surface area (Å²) >= 11 is 0. The number of ether oxygens (including phenoxy) is 1. The van der Waals surface area contributed by atoms with Crippen LogP contribution < -0.4 is 20.7 Å². The van der Waals surface area contributed by atoms with Gasteiger partial charge in [-0.2, -0.15) is 0 Å². The minimum absolute atomic E-state index is 0.0814. The van der Waals surface area contributed by atoms with E-state index in [1.165, 1.54) is 0 Å². The van der Waals surface area contributed by atoms with Gasteiger partial charge in [0.25, 0.3) is 0 Å². The van der Waals surface area contributed by atoms with Crippen molar-refractivity contribution in [1.29, 1.82) is 0 Å². The first-order valence-corrected chi connectivity index (χ1v) is 9.37. The van der Waals surface area contributed by atoms with Gasteiger partial charge in [0, 0.05) is 24.7 Å². The lowest BCUT2D eigenvalue weighted by Gasteiger charge is -2.21. The second kappa shape index (κ2) is 10.3. The first kappa shape index (κ1) is 21.3. The van der Waals surface area contributed by atoms with E-state index >= 15 is 0 Å². The van der Waals surface area contributed by atoms with Crippen molar-refractivity contribution in [3.8, 4) is 5.75 Å². The van der Waals surface area contributed by atoms with Gasteiger partial charge in [0.05, 0.1) is 6.54 Å². The Morgan fingerprint density at radius 2 is 1.68 bits per heavy atom. The predicted molar refractivity (Wildman–Crippen MR) is 113 cm³/mol. The molecule has 0 aromatic heterocycles. The fraction of sp³-hybridized carbons (Fsp3) is 0.364. The number of carbonyl (C=O) groups excluding carboxylic acids is 1. The Kier molecular flexibility index (Phi) is 7.87. The number of benzene rings is 2. The van der Waals surface area contributed by atoms with Crippen LogP contribution >= 0.6 is 0 Å². The fourth-order valence-corrected chi connectivity index (χ4v) is 2.55. The van der Waals surface area contributed by atoms with Crippen molar-refractivity contribution >= 4 is 11.9 Å². The molecular formula is C22H30N4O2. The molecule has 3 N–H and O–H groups in total. The maximum atomic E-state index is 12.0. The highest BCUT2D eigenvalue weighted by atomic mass is 16.5. The van der Waals surface area contributed by atoms with Crippen molar-refractivity contribution in [3.05, 3.63) is 65.7 Å². The number of carbonyl (C=O) groups is 1. The number of para-hydroxylation sites is 1. The summed E-state index contributed by atoms with van der Waals surface area (Å²) < 4.78 is 5.98. The van der Waals surface area contributed by atoms with Crippen LogP contribution in [0.3, 0.4) is 0 Å². The number of hydrogen-bond acceptors (Lipinski definition) is 3. The molecular weight excluding hydrogens is 352 g/mol. The maximum Gasteiger partial charge on any atom is 0.239 e. The van der Waals surface area contributed by atoms with Crippen LogP contribution in [0.2, 0.25) is 0 Å². The zero-order valence-electron chi connectivity index (χ0n) is 17.1. The lowest BCUT2D eigenvalue weighted by atomic mass is 10.1. The Bertz CT molecular complexity index is 783. The summed E-state index contributed by atoms with van der Waals surface area (Å²) in [6.07, 6.45) is 0. The van der Waals surface area contributed by atoms with Crippen LogP contribution in [-0.4, -0.2) is 31.0 Å². The van der Waals surface area contributed by atoms with E-state index in [2.05, 4.69) is 20.9 Å². The molecule has 0 saturated carbocycles. The molecule has 0 saturated heterocycles. The third-order valence-corrected chi connectivity index (χ3v) is 3.81. The number of nitrogens with zero attached hydrogens (tertiary/aromatic N) is 1. The number of nitrogens with one attached hydrogen (secondary N) is 3. The fourth-order valence-electron chi connectivity index (χ4n) is 2.55. The summed E-state index contributed by atoms with van der Waals surface area (Å²) in [5.41, 5.74) is 1.87. The molecule has 28 heavy (non-hydrogen) atoms. The summed E-state index contributed by atoms with van der Waals surface area (Å²) in [7, 11) is 1.68. The van der Waals surface area contributed by atoms with Crippen LogP contribution in [0.25, 0.3) is 0 Å². The molecule has 0 aliphatic heterocycles. The van der Waals surface area contributed by atoms with E-state index < -0.39 is 0 Å². The topological polar surface area (TPSA) is 74.8 Å². The Hall–Kier alpha value is -3.02. The summed E-state index contributed by atoms with van der Waals surface area (Å²) in [5, 5.41) is 9.16. The molecule has 0 atom stereocenters. The third-order valence-electron chi connectivity index (χ3n) is 3.81. The normalized spacial score (nSPS) is 11.6. The maximum absolute atomic E-state index is 12.0. The van der Waals surface area contributed by atoms with Gasteiger partial charge in [0.2, 0.25) is 5.91 Å². The average molecular weight is 383 g/mol. The monoisotopic (exact) mass is 382 g/mol. The van der Waals surface area contributed by atoms with Gasteiger partial charge in [-0.1, -0.05) is 48.5 Å². The van der Waals surface area contributed by atoms with Crippen molar-refractivity contribution in [1.82, 2.24) is 16.0 Å². The Morgan fingerprint density at radius 3 is 2.36 bits per heavy atom. The average Bonchev–Trinajstić information content (AvgIpc) is 2.66. The molecule has 0 bridgehead atoms. The molecule has 0 fully saturated rings. The van der Waals surface area contributed by atoms with Crippen molar-refractivity contribution in [2.75, 3.05) is 13.6 Å². The Labute approximate surface area is 167 Å². The smallest absolute Gasteiger partial charge is 0.239 e. The minimum atomic E-state index is -0.259. The zero-order chi connectivity index (χ0) is 20.4. The molecule has 0 heterocycles. The lowest BCUT2D eigenvalue weighted by Crippen LogP contribution is -2.48. The van der Waals surface area contributed by atoms with Crippen LogP contribution in [0.4, 0.5) is 0 Å². The van der Waals surface area contributed by atoms with E-state index in [-0.39, 0.29) is 18.0 Å². The third kappa shape index (κ3) is 7.70. The van der Waals surface area contributed by atoms with Crippen LogP contribution in [0.1, 0.15) is 31.9 Å². The van der Waals surface area contributed by atoms with E-state index in [1.54, 1.807) is 7.05 Å². The quantitative estimate of drug-likeness (QED) is 0.508. The van der Waals surface area contributed by atoms with Gasteiger partial charge in [0.15, 0.2) is 5.96 Å². The van der Waals surface area contributed by atoms with Crippen LogP contribution in [0, 0.1) is 0 Å². The van der Waals surface area contributed by atoms with Crippen molar-refractivity contribution in [2.45, 2.75) is 39.5 Å². The molecule has 0 radical (unpaired) electrons. The molecule has 2 rings (SSSR count). The van der Waals surface area contributed by atoms with E-state index in [1.807, 2.05) is 75.4 Å². The van der Waals surface area contributed by atoms with Crippen LogP contribution in [0.5, 0.6) is 5.75 Å². The Balaban J connectivity index is 1.88. The molecule has 2 aromatic rings. The molecule has 150 valence electrons. The van der Waals surface area contributed by atoms with Gasteiger partial charge < -0.3 is 20.7 Å².